The molecule has 2 saturated heterocycles. The molecule has 2 aliphatic rings. The van der Waals surface area contributed by atoms with Crippen molar-refractivity contribution in [2.45, 2.75) is 32.7 Å². The minimum absolute atomic E-state index is 0.00330. The second kappa shape index (κ2) is 13.7. The van der Waals surface area contributed by atoms with Crippen LogP contribution in [-0.4, -0.2) is 97.2 Å². The Labute approximate surface area is 236 Å². The highest BCUT2D eigenvalue weighted by molar-refractivity contribution is 7.80. The lowest BCUT2D eigenvalue weighted by atomic mass is 10.1. The molecule has 0 unspecified atom stereocenters. The minimum atomic E-state index is -0.677. The number of piperazine rings is 1. The molecule has 0 aromatic heterocycles. The minimum Gasteiger partial charge on any atom is -0.494 e. The number of hydrogen-bond donors (Lipinski definition) is 1. The number of rotatable bonds is 12. The smallest absolute Gasteiger partial charge is 0.256 e. The molecular weight excluding hydrogens is 514 g/mol. The van der Waals surface area contributed by atoms with Crippen LogP contribution in [0.15, 0.2) is 48.5 Å². The molecule has 1 atom stereocenters. The van der Waals surface area contributed by atoms with E-state index in [2.05, 4.69) is 29.1 Å². The van der Waals surface area contributed by atoms with Crippen LogP contribution in [0.4, 0.5) is 11.4 Å². The van der Waals surface area contributed by atoms with E-state index in [1.54, 1.807) is 17.0 Å². The number of carbonyl (C=O) groups excluding carboxylic acids is 2. The van der Waals surface area contributed by atoms with Gasteiger partial charge in [0, 0.05) is 45.0 Å². The molecule has 0 saturated carbocycles. The Balaban J connectivity index is 1.47. The maximum Gasteiger partial charge on any atom is 0.256 e. The van der Waals surface area contributed by atoms with Gasteiger partial charge in [-0.25, -0.2) is 0 Å². The van der Waals surface area contributed by atoms with Crippen LogP contribution in [0, 0.1) is 0 Å². The lowest BCUT2D eigenvalue weighted by molar-refractivity contribution is -0.124. The summed E-state index contributed by atoms with van der Waals surface area (Å²) in [7, 11) is 2.13. The van der Waals surface area contributed by atoms with E-state index >= 15 is 0 Å². The van der Waals surface area contributed by atoms with Gasteiger partial charge < -0.3 is 24.6 Å². The van der Waals surface area contributed by atoms with Crippen molar-refractivity contribution in [2.75, 3.05) is 69.7 Å². The van der Waals surface area contributed by atoms with E-state index < -0.39 is 6.04 Å². The molecule has 9 nitrogen and oxygen atoms in total. The van der Waals surface area contributed by atoms with Gasteiger partial charge in [0.1, 0.15) is 17.5 Å². The van der Waals surface area contributed by atoms with Crippen LogP contribution in [0.3, 0.4) is 0 Å². The zero-order valence-electron chi connectivity index (χ0n) is 23.1. The number of hydrogen-bond acceptors (Lipinski definition) is 7. The number of amides is 2. The van der Waals surface area contributed by atoms with Crippen molar-refractivity contribution in [1.29, 1.82) is 0 Å². The molecule has 2 fully saturated rings. The first-order chi connectivity index (χ1) is 18.9. The molecule has 2 amide bonds. The van der Waals surface area contributed by atoms with Crippen LogP contribution in [0.25, 0.3) is 0 Å². The van der Waals surface area contributed by atoms with E-state index in [9.17, 15) is 9.59 Å². The van der Waals surface area contributed by atoms with Gasteiger partial charge in [0.05, 0.1) is 25.3 Å². The maximum atomic E-state index is 13.7. The van der Waals surface area contributed by atoms with E-state index in [1.165, 1.54) is 0 Å². The lowest BCUT2D eigenvalue weighted by Gasteiger charge is -2.34. The average Bonchev–Trinajstić information content (AvgIpc) is 3.16. The first kappa shape index (κ1) is 28.8. The predicted octanol–water partition coefficient (Wildman–Crippen LogP) is 3.45. The van der Waals surface area contributed by atoms with E-state index in [-0.39, 0.29) is 18.2 Å². The molecule has 4 rings (SSSR count). The van der Waals surface area contributed by atoms with E-state index in [0.717, 1.165) is 50.6 Å². The highest BCUT2D eigenvalue weighted by Gasteiger charge is 2.44. The quantitative estimate of drug-likeness (QED) is 0.401. The summed E-state index contributed by atoms with van der Waals surface area (Å²) in [5.74, 6) is 1.05. The molecule has 2 aromatic carbocycles. The molecule has 2 aromatic rings. The maximum absolute atomic E-state index is 13.7. The summed E-state index contributed by atoms with van der Waals surface area (Å²) in [4.78, 5) is 35.0. The highest BCUT2D eigenvalue weighted by atomic mass is 32.1. The monoisotopic (exact) mass is 553 g/mol. The lowest BCUT2D eigenvalue weighted by Crippen LogP contribution is -2.48. The Morgan fingerprint density at radius 3 is 2.23 bits per heavy atom. The summed E-state index contributed by atoms with van der Waals surface area (Å²) in [6.45, 7) is 10.5. The summed E-state index contributed by atoms with van der Waals surface area (Å²) in [5, 5.41) is 3.35. The number of ether oxygens (including phenoxy) is 2. The van der Waals surface area contributed by atoms with Crippen molar-refractivity contribution >= 4 is 40.5 Å². The fourth-order valence-electron chi connectivity index (χ4n) is 4.75. The van der Waals surface area contributed by atoms with Crippen molar-refractivity contribution < 1.29 is 19.1 Å². The molecule has 10 heteroatoms. The summed E-state index contributed by atoms with van der Waals surface area (Å²) in [5.41, 5.74) is 1.33. The SMILES string of the molecule is CCCOc1ccc(NC(=O)C[C@@H]2C(=O)N(c3ccc(OCC)cc3)C(=S)N2CCN2CCN(C)CC2)cc1. The van der Waals surface area contributed by atoms with Gasteiger partial charge in [-0.2, -0.15) is 0 Å². The van der Waals surface area contributed by atoms with Gasteiger partial charge in [0.2, 0.25) is 5.91 Å². The van der Waals surface area contributed by atoms with Crippen LogP contribution in [-0.2, 0) is 9.59 Å². The number of nitrogens with one attached hydrogen (secondary N) is 1. The van der Waals surface area contributed by atoms with E-state index in [0.29, 0.717) is 36.2 Å². The number of benzene rings is 2. The van der Waals surface area contributed by atoms with Crippen molar-refractivity contribution in [3.05, 3.63) is 48.5 Å². The normalized spacial score (nSPS) is 18.5. The zero-order chi connectivity index (χ0) is 27.8. The number of nitrogens with zero attached hydrogens (tertiary/aromatic N) is 4. The Kier molecular flexibility index (Phi) is 10.1. The van der Waals surface area contributed by atoms with Crippen LogP contribution in [0.1, 0.15) is 26.7 Å². The Hall–Kier alpha value is -3.21. The fraction of sp³-hybridized carbons (Fsp3) is 0.483. The fourth-order valence-corrected chi connectivity index (χ4v) is 5.16. The second-order valence-corrected chi connectivity index (χ2v) is 10.2. The van der Waals surface area contributed by atoms with Crippen molar-refractivity contribution in [2.24, 2.45) is 0 Å². The Morgan fingerprint density at radius 1 is 0.949 bits per heavy atom. The largest absolute Gasteiger partial charge is 0.494 e. The molecule has 0 spiro atoms. The van der Waals surface area contributed by atoms with Crippen LogP contribution in [0.5, 0.6) is 11.5 Å². The number of thiocarbonyl (C=S) groups is 1. The first-order valence-corrected chi connectivity index (χ1v) is 14.1. The zero-order valence-corrected chi connectivity index (χ0v) is 23.9. The van der Waals surface area contributed by atoms with Gasteiger partial charge in [0.25, 0.3) is 5.91 Å². The molecule has 0 radical (unpaired) electrons. The first-order valence-electron chi connectivity index (χ1n) is 13.7. The molecule has 39 heavy (non-hydrogen) atoms. The number of likely N-dealkylation sites (N-methyl/N-ethyl adjacent to an activating group) is 1. The molecule has 0 bridgehead atoms. The van der Waals surface area contributed by atoms with Gasteiger partial charge in [-0.1, -0.05) is 6.92 Å². The standard InChI is InChI=1S/C29H39N5O4S/c1-4-20-38-25-10-6-22(7-11-25)30-27(35)21-26-28(36)34(23-8-12-24(13-9-23)37-5-2)29(39)33(26)19-18-32-16-14-31(3)15-17-32/h6-13,26H,4-5,14-21H2,1-3H3,(H,30,35)/t26-/m1/s1. The molecular formula is C29H39N5O4S. The van der Waals surface area contributed by atoms with Gasteiger partial charge in [-0.05, 0) is 81.1 Å². The highest BCUT2D eigenvalue weighted by Crippen LogP contribution is 2.29. The third kappa shape index (κ3) is 7.46. The topological polar surface area (TPSA) is 77.6 Å². The second-order valence-electron chi connectivity index (χ2n) is 9.86. The average molecular weight is 554 g/mol. The van der Waals surface area contributed by atoms with Crippen LogP contribution in [0.2, 0.25) is 0 Å². The van der Waals surface area contributed by atoms with Gasteiger partial charge in [-0.3, -0.25) is 19.4 Å². The van der Waals surface area contributed by atoms with Gasteiger partial charge in [0.15, 0.2) is 5.11 Å². The molecule has 210 valence electrons. The molecule has 1 N–H and O–H groups in total. The Morgan fingerprint density at radius 2 is 1.59 bits per heavy atom. The molecule has 2 aliphatic heterocycles. The van der Waals surface area contributed by atoms with Crippen LogP contribution >= 0.6 is 12.2 Å². The van der Waals surface area contributed by atoms with Gasteiger partial charge in [-0.15, -0.1) is 0 Å². The number of carbonyl (C=O) groups is 2. The number of anilines is 2. The third-order valence-corrected chi connectivity index (χ3v) is 7.38. The Bertz CT molecular complexity index is 1120. The van der Waals surface area contributed by atoms with E-state index in [4.69, 9.17) is 21.7 Å². The molecule has 2 heterocycles. The van der Waals surface area contributed by atoms with Crippen molar-refractivity contribution in [3.63, 3.8) is 0 Å². The van der Waals surface area contributed by atoms with Gasteiger partial charge >= 0.3 is 0 Å². The third-order valence-electron chi connectivity index (χ3n) is 6.97. The van der Waals surface area contributed by atoms with Crippen molar-refractivity contribution in [1.82, 2.24) is 14.7 Å². The summed E-state index contributed by atoms with van der Waals surface area (Å²) in [6, 6.07) is 13.9. The van der Waals surface area contributed by atoms with E-state index in [1.807, 2.05) is 48.2 Å². The predicted molar refractivity (Wildman–Crippen MR) is 158 cm³/mol. The summed E-state index contributed by atoms with van der Waals surface area (Å²) < 4.78 is 11.2. The summed E-state index contributed by atoms with van der Waals surface area (Å²) in [6.07, 6.45) is 0.929. The summed E-state index contributed by atoms with van der Waals surface area (Å²) >= 11 is 5.83. The van der Waals surface area contributed by atoms with Crippen molar-refractivity contribution in [3.8, 4) is 11.5 Å². The van der Waals surface area contributed by atoms with Crippen LogP contribution < -0.4 is 19.7 Å². The molecule has 0 aliphatic carbocycles.